The highest BCUT2D eigenvalue weighted by Crippen LogP contribution is 2.41. The minimum absolute atomic E-state index is 0.626. The lowest BCUT2D eigenvalue weighted by Gasteiger charge is -2.34. The SMILES string of the molecule is O=C(O)C1(c2cccc(C3CCSCC3)c2)CCCCC1. The first-order valence-corrected chi connectivity index (χ1v) is 9.29. The van der Waals surface area contributed by atoms with Gasteiger partial charge in [0.15, 0.2) is 0 Å². The summed E-state index contributed by atoms with van der Waals surface area (Å²) in [4.78, 5) is 12.0. The molecule has 2 nitrogen and oxygen atoms in total. The molecule has 0 amide bonds. The Labute approximate surface area is 131 Å². The van der Waals surface area contributed by atoms with Crippen LogP contribution >= 0.6 is 11.8 Å². The van der Waals surface area contributed by atoms with Crippen LogP contribution in [-0.4, -0.2) is 22.6 Å². The first-order chi connectivity index (χ1) is 10.2. The third-order valence-electron chi connectivity index (χ3n) is 5.25. The molecule has 1 aromatic carbocycles. The summed E-state index contributed by atoms with van der Waals surface area (Å²) in [6.45, 7) is 0. The highest BCUT2D eigenvalue weighted by molar-refractivity contribution is 7.99. The molecule has 1 aliphatic heterocycles. The average molecular weight is 304 g/mol. The standard InChI is InChI=1S/C18H24O2S/c19-17(20)18(9-2-1-3-10-18)16-6-4-5-15(13-16)14-7-11-21-12-8-14/h4-6,13-14H,1-3,7-12H2,(H,19,20). The van der Waals surface area contributed by atoms with Gasteiger partial charge < -0.3 is 5.11 Å². The van der Waals surface area contributed by atoms with E-state index in [4.69, 9.17) is 0 Å². The van der Waals surface area contributed by atoms with Crippen molar-refractivity contribution >= 4 is 17.7 Å². The molecule has 0 radical (unpaired) electrons. The minimum Gasteiger partial charge on any atom is -0.481 e. The van der Waals surface area contributed by atoms with Crippen LogP contribution in [0.4, 0.5) is 0 Å². The van der Waals surface area contributed by atoms with Gasteiger partial charge in [0.2, 0.25) is 0 Å². The third kappa shape index (κ3) is 2.98. The van der Waals surface area contributed by atoms with Crippen LogP contribution in [0, 0.1) is 0 Å². The van der Waals surface area contributed by atoms with E-state index < -0.39 is 11.4 Å². The van der Waals surface area contributed by atoms with Crippen molar-refractivity contribution in [2.75, 3.05) is 11.5 Å². The molecule has 2 fully saturated rings. The maximum atomic E-state index is 12.0. The number of rotatable bonds is 3. The Morgan fingerprint density at radius 3 is 2.52 bits per heavy atom. The Hall–Kier alpha value is -0.960. The second kappa shape index (κ2) is 6.43. The number of thioether (sulfide) groups is 1. The van der Waals surface area contributed by atoms with Crippen LogP contribution in [0.1, 0.15) is 62.0 Å². The summed E-state index contributed by atoms with van der Waals surface area (Å²) in [5, 5.41) is 9.84. The van der Waals surface area contributed by atoms with Gasteiger partial charge in [-0.05, 0) is 54.2 Å². The number of hydrogen-bond donors (Lipinski definition) is 1. The molecule has 0 unspecified atom stereocenters. The van der Waals surface area contributed by atoms with Crippen LogP contribution in [0.15, 0.2) is 24.3 Å². The number of carboxylic acids is 1. The maximum absolute atomic E-state index is 12.0. The maximum Gasteiger partial charge on any atom is 0.314 e. The fourth-order valence-corrected chi connectivity index (χ4v) is 5.01. The van der Waals surface area contributed by atoms with Crippen molar-refractivity contribution in [1.82, 2.24) is 0 Å². The fourth-order valence-electron chi connectivity index (χ4n) is 3.90. The van der Waals surface area contributed by atoms with Gasteiger partial charge in [-0.2, -0.15) is 11.8 Å². The van der Waals surface area contributed by atoms with E-state index in [-0.39, 0.29) is 0 Å². The van der Waals surface area contributed by atoms with E-state index in [1.165, 1.54) is 36.3 Å². The fraction of sp³-hybridized carbons (Fsp3) is 0.611. The molecule has 1 saturated carbocycles. The Morgan fingerprint density at radius 1 is 1.14 bits per heavy atom. The van der Waals surface area contributed by atoms with E-state index in [0.717, 1.165) is 31.2 Å². The molecule has 0 bridgehead atoms. The van der Waals surface area contributed by atoms with Gasteiger partial charge in [-0.25, -0.2) is 0 Å². The van der Waals surface area contributed by atoms with Crippen molar-refractivity contribution in [3.05, 3.63) is 35.4 Å². The molecule has 3 heteroatoms. The van der Waals surface area contributed by atoms with Crippen molar-refractivity contribution in [2.45, 2.75) is 56.3 Å². The Balaban J connectivity index is 1.91. The number of carbonyl (C=O) groups is 1. The van der Waals surface area contributed by atoms with Crippen molar-refractivity contribution in [3.8, 4) is 0 Å². The molecule has 3 rings (SSSR count). The Kier molecular flexibility index (Phi) is 4.58. The molecule has 0 spiro atoms. The summed E-state index contributed by atoms with van der Waals surface area (Å²) in [7, 11) is 0. The molecule has 1 saturated heterocycles. The molecule has 0 aromatic heterocycles. The minimum atomic E-state index is -0.627. The molecular weight excluding hydrogens is 280 g/mol. The van der Waals surface area contributed by atoms with Crippen LogP contribution in [-0.2, 0) is 10.2 Å². The lowest BCUT2D eigenvalue weighted by Crippen LogP contribution is -2.37. The Morgan fingerprint density at radius 2 is 1.86 bits per heavy atom. The summed E-state index contributed by atoms with van der Waals surface area (Å²) in [6, 6.07) is 8.52. The van der Waals surface area contributed by atoms with E-state index in [9.17, 15) is 9.90 Å². The van der Waals surface area contributed by atoms with Gasteiger partial charge in [0.1, 0.15) is 0 Å². The summed E-state index contributed by atoms with van der Waals surface area (Å²) >= 11 is 2.04. The predicted octanol–water partition coefficient (Wildman–Crippen LogP) is 4.58. The largest absolute Gasteiger partial charge is 0.481 e. The number of aliphatic carboxylic acids is 1. The van der Waals surface area contributed by atoms with Crippen molar-refractivity contribution in [2.24, 2.45) is 0 Å². The van der Waals surface area contributed by atoms with Gasteiger partial charge in [0.25, 0.3) is 0 Å². The van der Waals surface area contributed by atoms with E-state index in [1.807, 2.05) is 17.8 Å². The van der Waals surface area contributed by atoms with E-state index >= 15 is 0 Å². The van der Waals surface area contributed by atoms with Crippen LogP contribution in [0.3, 0.4) is 0 Å². The predicted molar refractivity (Wildman–Crippen MR) is 88.1 cm³/mol. The number of carboxylic acid groups (broad SMARTS) is 1. The van der Waals surface area contributed by atoms with Gasteiger partial charge in [-0.1, -0.05) is 43.5 Å². The lowest BCUT2D eigenvalue weighted by molar-refractivity contribution is -0.145. The summed E-state index contributed by atoms with van der Waals surface area (Å²) in [5.74, 6) is 2.47. The highest BCUT2D eigenvalue weighted by atomic mass is 32.2. The second-order valence-electron chi connectivity index (χ2n) is 6.46. The average Bonchev–Trinajstić information content (AvgIpc) is 2.56. The Bertz CT molecular complexity index is 500. The molecule has 1 heterocycles. The summed E-state index contributed by atoms with van der Waals surface area (Å²) < 4.78 is 0. The molecule has 0 atom stereocenters. The second-order valence-corrected chi connectivity index (χ2v) is 7.68. The molecular formula is C18H24O2S. The van der Waals surface area contributed by atoms with Crippen molar-refractivity contribution in [1.29, 1.82) is 0 Å². The lowest BCUT2D eigenvalue weighted by atomic mass is 9.69. The normalized spacial score (nSPS) is 22.9. The summed E-state index contributed by atoms with van der Waals surface area (Å²) in [5.41, 5.74) is 1.78. The zero-order valence-corrected chi connectivity index (χ0v) is 13.3. The first-order valence-electron chi connectivity index (χ1n) is 8.14. The van der Waals surface area contributed by atoms with Crippen LogP contribution < -0.4 is 0 Å². The van der Waals surface area contributed by atoms with Gasteiger partial charge in [-0.15, -0.1) is 0 Å². The molecule has 1 aliphatic carbocycles. The number of benzene rings is 1. The van der Waals surface area contributed by atoms with Crippen LogP contribution in [0.5, 0.6) is 0 Å². The van der Waals surface area contributed by atoms with Crippen LogP contribution in [0.2, 0.25) is 0 Å². The van der Waals surface area contributed by atoms with E-state index in [1.54, 1.807) is 0 Å². The number of hydrogen-bond acceptors (Lipinski definition) is 2. The zero-order valence-electron chi connectivity index (χ0n) is 12.5. The molecule has 114 valence electrons. The highest BCUT2D eigenvalue weighted by Gasteiger charge is 2.41. The van der Waals surface area contributed by atoms with E-state index in [0.29, 0.717) is 5.92 Å². The van der Waals surface area contributed by atoms with E-state index in [2.05, 4.69) is 18.2 Å². The van der Waals surface area contributed by atoms with Crippen molar-refractivity contribution in [3.63, 3.8) is 0 Å². The smallest absolute Gasteiger partial charge is 0.314 e. The first kappa shape index (κ1) is 15.0. The van der Waals surface area contributed by atoms with Gasteiger partial charge in [0.05, 0.1) is 5.41 Å². The molecule has 21 heavy (non-hydrogen) atoms. The zero-order chi connectivity index (χ0) is 14.7. The summed E-state index contributed by atoms with van der Waals surface area (Å²) in [6.07, 6.45) is 7.31. The van der Waals surface area contributed by atoms with Gasteiger partial charge >= 0.3 is 5.97 Å². The molecule has 1 aromatic rings. The monoisotopic (exact) mass is 304 g/mol. The quantitative estimate of drug-likeness (QED) is 0.888. The third-order valence-corrected chi connectivity index (χ3v) is 6.30. The van der Waals surface area contributed by atoms with Crippen molar-refractivity contribution < 1.29 is 9.90 Å². The molecule has 2 aliphatic rings. The topological polar surface area (TPSA) is 37.3 Å². The van der Waals surface area contributed by atoms with Gasteiger partial charge in [-0.3, -0.25) is 4.79 Å². The van der Waals surface area contributed by atoms with Crippen LogP contribution in [0.25, 0.3) is 0 Å². The molecule has 1 N–H and O–H groups in total. The van der Waals surface area contributed by atoms with Gasteiger partial charge in [0, 0.05) is 0 Å².